The topological polar surface area (TPSA) is 101 Å². The zero-order valence-corrected chi connectivity index (χ0v) is 8.88. The molecule has 0 heterocycles. The largest absolute Gasteiger partial charge is 0.502 e. The van der Waals surface area contributed by atoms with Crippen LogP contribution in [-0.4, -0.2) is 21.1 Å². The molecule has 0 aliphatic rings. The van der Waals surface area contributed by atoms with Gasteiger partial charge in [-0.05, 0) is 12.5 Å². The van der Waals surface area contributed by atoms with E-state index in [9.17, 15) is 24.4 Å². The van der Waals surface area contributed by atoms with Crippen molar-refractivity contribution in [2.24, 2.45) is 5.92 Å². The highest BCUT2D eigenvalue weighted by Gasteiger charge is 2.22. The standard InChI is InChI=1S/C10H10FNO5/c1-5(10(14)15)2-6-3-7(11)4-8(9(6)13)12(16)17/h3-5,13H,2H2,1H3,(H,14,15). The van der Waals surface area contributed by atoms with E-state index < -0.39 is 34.1 Å². The van der Waals surface area contributed by atoms with Crippen molar-refractivity contribution in [3.63, 3.8) is 0 Å². The average Bonchev–Trinajstić information content (AvgIpc) is 2.22. The second-order valence-corrected chi connectivity index (χ2v) is 3.63. The van der Waals surface area contributed by atoms with E-state index in [0.717, 1.165) is 6.07 Å². The maximum absolute atomic E-state index is 13.1. The predicted molar refractivity (Wildman–Crippen MR) is 55.2 cm³/mol. The summed E-state index contributed by atoms with van der Waals surface area (Å²) in [4.78, 5) is 20.2. The van der Waals surface area contributed by atoms with Crippen molar-refractivity contribution in [3.8, 4) is 5.75 Å². The molecule has 1 atom stereocenters. The fourth-order valence-electron chi connectivity index (χ4n) is 1.35. The number of aliphatic carboxylic acids is 1. The quantitative estimate of drug-likeness (QED) is 0.619. The van der Waals surface area contributed by atoms with Crippen LogP contribution >= 0.6 is 0 Å². The van der Waals surface area contributed by atoms with E-state index in [4.69, 9.17) is 5.11 Å². The molecule has 0 aromatic heterocycles. The smallest absolute Gasteiger partial charge is 0.313 e. The van der Waals surface area contributed by atoms with Crippen molar-refractivity contribution in [3.05, 3.63) is 33.6 Å². The van der Waals surface area contributed by atoms with Gasteiger partial charge in [-0.2, -0.15) is 0 Å². The molecule has 1 aromatic rings. The van der Waals surface area contributed by atoms with Crippen molar-refractivity contribution >= 4 is 11.7 Å². The van der Waals surface area contributed by atoms with E-state index >= 15 is 0 Å². The van der Waals surface area contributed by atoms with Crippen LogP contribution in [0.1, 0.15) is 12.5 Å². The highest BCUT2D eigenvalue weighted by molar-refractivity contribution is 5.70. The van der Waals surface area contributed by atoms with Crippen LogP contribution < -0.4 is 0 Å². The molecule has 0 bridgehead atoms. The molecule has 0 radical (unpaired) electrons. The van der Waals surface area contributed by atoms with E-state index in [2.05, 4.69) is 0 Å². The normalized spacial score (nSPS) is 12.1. The molecule has 6 nitrogen and oxygen atoms in total. The molecule has 0 spiro atoms. The molecule has 0 aliphatic carbocycles. The highest BCUT2D eigenvalue weighted by atomic mass is 19.1. The van der Waals surface area contributed by atoms with Crippen molar-refractivity contribution in [1.82, 2.24) is 0 Å². The van der Waals surface area contributed by atoms with E-state index in [1.54, 1.807) is 0 Å². The number of phenols is 1. The maximum atomic E-state index is 13.1. The number of benzene rings is 1. The first-order valence-corrected chi connectivity index (χ1v) is 4.71. The van der Waals surface area contributed by atoms with Crippen molar-refractivity contribution in [2.45, 2.75) is 13.3 Å². The fourth-order valence-corrected chi connectivity index (χ4v) is 1.35. The van der Waals surface area contributed by atoms with Crippen LogP contribution in [-0.2, 0) is 11.2 Å². The Morgan fingerprint density at radius 3 is 2.65 bits per heavy atom. The van der Waals surface area contributed by atoms with Gasteiger partial charge in [0.15, 0.2) is 5.75 Å². The highest BCUT2D eigenvalue weighted by Crippen LogP contribution is 2.32. The summed E-state index contributed by atoms with van der Waals surface area (Å²) in [6, 6.07) is 1.48. The Bertz CT molecular complexity index is 474. The first-order valence-electron chi connectivity index (χ1n) is 4.71. The summed E-state index contributed by atoms with van der Waals surface area (Å²) in [5, 5.41) is 28.7. The zero-order valence-electron chi connectivity index (χ0n) is 8.88. The number of carboxylic acid groups (broad SMARTS) is 1. The van der Waals surface area contributed by atoms with Gasteiger partial charge in [-0.1, -0.05) is 6.92 Å². The molecule has 92 valence electrons. The molecule has 1 unspecified atom stereocenters. The van der Waals surface area contributed by atoms with E-state index in [1.807, 2.05) is 0 Å². The fraction of sp³-hybridized carbons (Fsp3) is 0.300. The van der Waals surface area contributed by atoms with Gasteiger partial charge in [-0.25, -0.2) is 4.39 Å². The molecule has 17 heavy (non-hydrogen) atoms. The minimum absolute atomic E-state index is 0.0911. The van der Waals surface area contributed by atoms with Crippen LogP contribution in [0.2, 0.25) is 0 Å². The summed E-state index contributed by atoms with van der Waals surface area (Å²) >= 11 is 0. The predicted octanol–water partition coefficient (Wildman–Crippen LogP) is 1.70. The Labute approximate surface area is 95.5 Å². The van der Waals surface area contributed by atoms with Gasteiger partial charge in [-0.3, -0.25) is 14.9 Å². The number of carbonyl (C=O) groups is 1. The molecule has 0 saturated carbocycles. The number of hydrogen-bond donors (Lipinski definition) is 2. The summed E-state index contributed by atoms with van der Waals surface area (Å²) in [5.74, 6) is -3.58. The van der Waals surface area contributed by atoms with Gasteiger partial charge in [0.2, 0.25) is 0 Å². The molecular formula is C10H10FNO5. The number of phenolic OH excluding ortho intramolecular Hbond substituents is 1. The van der Waals surface area contributed by atoms with Crippen molar-refractivity contribution in [2.75, 3.05) is 0 Å². The Balaban J connectivity index is 3.16. The molecule has 2 N–H and O–H groups in total. The lowest BCUT2D eigenvalue weighted by Gasteiger charge is -2.08. The monoisotopic (exact) mass is 243 g/mol. The Hall–Kier alpha value is -2.18. The van der Waals surface area contributed by atoms with Crippen molar-refractivity contribution in [1.29, 1.82) is 0 Å². The van der Waals surface area contributed by atoms with Gasteiger partial charge in [-0.15, -0.1) is 0 Å². The van der Waals surface area contributed by atoms with E-state index in [-0.39, 0.29) is 12.0 Å². The number of nitrogens with zero attached hydrogens (tertiary/aromatic N) is 1. The number of aromatic hydroxyl groups is 1. The third-order valence-electron chi connectivity index (χ3n) is 2.28. The van der Waals surface area contributed by atoms with Gasteiger partial charge in [0.25, 0.3) is 0 Å². The SMILES string of the molecule is CC(Cc1cc(F)cc([N+](=O)[O-])c1O)C(=O)O. The molecule has 0 aliphatic heterocycles. The molecule has 0 saturated heterocycles. The lowest BCUT2D eigenvalue weighted by Crippen LogP contribution is -2.12. The summed E-state index contributed by atoms with van der Waals surface area (Å²) in [5.41, 5.74) is -0.857. The van der Waals surface area contributed by atoms with Crippen LogP contribution in [0.25, 0.3) is 0 Å². The number of rotatable bonds is 4. The average molecular weight is 243 g/mol. The zero-order chi connectivity index (χ0) is 13.2. The minimum atomic E-state index is -1.13. The molecule has 7 heteroatoms. The first-order chi connectivity index (χ1) is 7.82. The second-order valence-electron chi connectivity index (χ2n) is 3.63. The number of hydrogen-bond acceptors (Lipinski definition) is 4. The summed E-state index contributed by atoms with van der Waals surface area (Å²) < 4.78 is 13.1. The number of nitro groups is 1. The Kier molecular flexibility index (Phi) is 3.62. The summed E-state index contributed by atoms with van der Waals surface area (Å²) in [6.45, 7) is 1.36. The number of nitro benzene ring substituents is 1. The number of halogens is 1. The van der Waals surface area contributed by atoms with E-state index in [0.29, 0.717) is 6.07 Å². The van der Waals surface area contributed by atoms with Crippen LogP contribution in [0.4, 0.5) is 10.1 Å². The molecule has 1 rings (SSSR count). The Morgan fingerprint density at radius 2 is 2.18 bits per heavy atom. The number of carboxylic acids is 1. The van der Waals surface area contributed by atoms with E-state index in [1.165, 1.54) is 6.92 Å². The van der Waals surface area contributed by atoms with Gasteiger partial charge >= 0.3 is 11.7 Å². The van der Waals surface area contributed by atoms with Crippen LogP contribution in [0.5, 0.6) is 5.75 Å². The van der Waals surface area contributed by atoms with Crippen LogP contribution in [0.3, 0.4) is 0 Å². The molecular weight excluding hydrogens is 233 g/mol. The Morgan fingerprint density at radius 1 is 1.59 bits per heavy atom. The first kappa shape index (κ1) is 12.9. The summed E-state index contributed by atoms with van der Waals surface area (Å²) in [7, 11) is 0. The maximum Gasteiger partial charge on any atom is 0.313 e. The molecule has 1 aromatic carbocycles. The third-order valence-corrected chi connectivity index (χ3v) is 2.28. The van der Waals surface area contributed by atoms with Gasteiger partial charge in [0.1, 0.15) is 5.82 Å². The van der Waals surface area contributed by atoms with Gasteiger partial charge in [0.05, 0.1) is 16.9 Å². The molecule has 0 fully saturated rings. The van der Waals surface area contributed by atoms with Gasteiger partial charge < -0.3 is 10.2 Å². The minimum Gasteiger partial charge on any atom is -0.502 e. The second kappa shape index (κ2) is 4.77. The van der Waals surface area contributed by atoms with Crippen LogP contribution in [0.15, 0.2) is 12.1 Å². The van der Waals surface area contributed by atoms with Crippen LogP contribution in [0, 0.1) is 21.8 Å². The van der Waals surface area contributed by atoms with Gasteiger partial charge in [0, 0.05) is 5.56 Å². The molecule has 0 amide bonds. The summed E-state index contributed by atoms with van der Waals surface area (Å²) in [6.07, 6.45) is -0.181. The third kappa shape index (κ3) is 2.90. The lowest BCUT2D eigenvalue weighted by molar-refractivity contribution is -0.386. The lowest BCUT2D eigenvalue weighted by atomic mass is 10.00. The van der Waals surface area contributed by atoms with Crippen molar-refractivity contribution < 1.29 is 24.3 Å².